The van der Waals surface area contributed by atoms with Crippen LogP contribution in [0.25, 0.3) is 11.0 Å². The fraction of sp³-hybridized carbons (Fsp3) is 0.704. The third-order valence-corrected chi connectivity index (χ3v) is 7.05. The van der Waals surface area contributed by atoms with Gasteiger partial charge in [0.2, 0.25) is 5.91 Å². The molecule has 0 saturated carbocycles. The number of fused-ring (bicyclic) bond motifs is 1. The number of rotatable bonds is 18. The second-order valence-electron chi connectivity index (χ2n) is 9.41. The first kappa shape index (κ1) is 30.0. The topological polar surface area (TPSA) is 39.3 Å². The van der Waals surface area contributed by atoms with Gasteiger partial charge in [0.25, 0.3) is 0 Å². The number of nitrogens with zero attached hydrogens (tertiary/aromatic N) is 2. The van der Waals surface area contributed by atoms with E-state index in [2.05, 4.69) is 21.0 Å². The molecule has 0 aliphatic carbocycles. The highest BCUT2D eigenvalue weighted by Crippen LogP contribution is 2.24. The number of carbonyl (C=O) groups excluding carboxylic acids is 1. The highest BCUT2D eigenvalue weighted by atomic mass is 35.5. The Bertz CT molecular complexity index is 778. The van der Waals surface area contributed by atoms with Crippen molar-refractivity contribution in [3.63, 3.8) is 0 Å². The second kappa shape index (κ2) is 18.3. The van der Waals surface area contributed by atoms with E-state index in [1.807, 2.05) is 28.8 Å². The lowest BCUT2D eigenvalue weighted by Crippen LogP contribution is -3.06. The average Bonchev–Trinajstić information content (AvgIpc) is 3.15. The molecule has 188 valence electrons. The van der Waals surface area contributed by atoms with Crippen molar-refractivity contribution in [1.82, 2.24) is 9.55 Å². The van der Waals surface area contributed by atoms with Crippen LogP contribution in [0.1, 0.15) is 102 Å². The van der Waals surface area contributed by atoms with Gasteiger partial charge in [-0.25, -0.2) is 4.98 Å². The molecule has 0 aliphatic heterocycles. The summed E-state index contributed by atoms with van der Waals surface area (Å²) in [6.07, 6.45) is 17.8. The molecule has 0 radical (unpaired) electrons. The van der Waals surface area contributed by atoms with Gasteiger partial charge < -0.3 is 17.3 Å². The molecule has 33 heavy (non-hydrogen) atoms. The summed E-state index contributed by atoms with van der Waals surface area (Å²) in [7, 11) is 4.31. The smallest absolute Gasteiger partial charge is 0.233 e. The minimum Gasteiger partial charge on any atom is -1.00 e. The summed E-state index contributed by atoms with van der Waals surface area (Å²) in [4.78, 5) is 19.2. The molecular formula is C27H46ClN3OS. The minimum absolute atomic E-state index is 0. The van der Waals surface area contributed by atoms with Crippen LogP contribution < -0.4 is 17.3 Å². The summed E-state index contributed by atoms with van der Waals surface area (Å²) in [6, 6.07) is 8.02. The average molecular weight is 496 g/mol. The SMILES string of the molecule is CCCCCCCCCCCCCCCC(=O)n1c(SCC[NH+](C)C)nc2ccccc21.[Cl-]. The van der Waals surface area contributed by atoms with E-state index in [9.17, 15) is 4.79 Å². The molecule has 0 spiro atoms. The second-order valence-corrected chi connectivity index (χ2v) is 10.5. The van der Waals surface area contributed by atoms with E-state index in [1.54, 1.807) is 11.8 Å². The summed E-state index contributed by atoms with van der Waals surface area (Å²) >= 11 is 1.70. The number of nitrogens with one attached hydrogen (secondary N) is 1. The van der Waals surface area contributed by atoms with E-state index < -0.39 is 0 Å². The van der Waals surface area contributed by atoms with Crippen LogP contribution in [0.2, 0.25) is 0 Å². The Kier molecular flexibility index (Phi) is 16.6. The van der Waals surface area contributed by atoms with Gasteiger partial charge in [0, 0.05) is 6.42 Å². The Morgan fingerprint density at radius 2 is 1.42 bits per heavy atom. The van der Waals surface area contributed by atoms with Crippen LogP contribution in [-0.4, -0.2) is 41.9 Å². The number of thioether (sulfide) groups is 1. The van der Waals surface area contributed by atoms with Crippen molar-refractivity contribution in [1.29, 1.82) is 0 Å². The number of benzene rings is 1. The van der Waals surface area contributed by atoms with Crippen molar-refractivity contribution >= 4 is 28.7 Å². The number of hydrogen-bond donors (Lipinski definition) is 1. The first-order valence-corrected chi connectivity index (χ1v) is 14.0. The number of aromatic nitrogens is 2. The Balaban J connectivity index is 0.00000544. The van der Waals surface area contributed by atoms with E-state index >= 15 is 0 Å². The minimum atomic E-state index is 0. The molecule has 0 atom stereocenters. The largest absolute Gasteiger partial charge is 1.00 e. The first-order chi connectivity index (χ1) is 15.6. The van der Waals surface area contributed by atoms with Gasteiger partial charge in [-0.05, 0) is 18.6 Å². The van der Waals surface area contributed by atoms with Crippen molar-refractivity contribution in [2.24, 2.45) is 0 Å². The summed E-state index contributed by atoms with van der Waals surface area (Å²) in [5.41, 5.74) is 1.87. The highest BCUT2D eigenvalue weighted by Gasteiger charge is 2.17. The monoisotopic (exact) mass is 495 g/mol. The number of quaternary nitrogens is 1. The molecular weight excluding hydrogens is 450 g/mol. The molecule has 1 aromatic heterocycles. The molecule has 4 nitrogen and oxygen atoms in total. The Morgan fingerprint density at radius 1 is 0.879 bits per heavy atom. The fourth-order valence-corrected chi connectivity index (χ4v) is 5.28. The highest BCUT2D eigenvalue weighted by molar-refractivity contribution is 7.99. The third-order valence-electron chi connectivity index (χ3n) is 6.11. The first-order valence-electron chi connectivity index (χ1n) is 13.1. The van der Waals surface area contributed by atoms with Gasteiger partial charge in [0.15, 0.2) is 5.16 Å². The van der Waals surface area contributed by atoms with Crippen LogP contribution >= 0.6 is 11.8 Å². The standard InChI is InChI=1S/C27H45N3OS.ClH/c1-4-5-6-7-8-9-10-11-12-13-14-15-16-21-26(31)30-25-20-18-17-19-24(25)28-27(30)32-23-22-29(2)3;/h17-20H,4-16,21-23H2,1-3H3;1H. The number of para-hydroxylation sites is 2. The van der Waals surface area contributed by atoms with Crippen LogP contribution in [0.15, 0.2) is 29.4 Å². The maximum absolute atomic E-state index is 13.0. The normalized spacial score (nSPS) is 11.3. The molecule has 0 saturated heterocycles. The maximum atomic E-state index is 13.0. The van der Waals surface area contributed by atoms with E-state index in [0.29, 0.717) is 6.42 Å². The molecule has 1 heterocycles. The van der Waals surface area contributed by atoms with Crippen molar-refractivity contribution in [2.75, 3.05) is 26.4 Å². The van der Waals surface area contributed by atoms with Crippen LogP contribution in [-0.2, 0) is 0 Å². The summed E-state index contributed by atoms with van der Waals surface area (Å²) in [6.45, 7) is 3.33. The number of hydrogen-bond acceptors (Lipinski definition) is 3. The van der Waals surface area contributed by atoms with Crippen molar-refractivity contribution < 1.29 is 22.1 Å². The number of unbranched alkanes of at least 4 members (excludes halogenated alkanes) is 12. The molecule has 0 unspecified atom stereocenters. The lowest BCUT2D eigenvalue weighted by molar-refractivity contribution is -0.855. The van der Waals surface area contributed by atoms with Gasteiger partial charge in [-0.3, -0.25) is 9.36 Å². The van der Waals surface area contributed by atoms with Crippen LogP contribution in [0.5, 0.6) is 0 Å². The zero-order chi connectivity index (χ0) is 23.0. The lowest BCUT2D eigenvalue weighted by Gasteiger charge is -2.09. The third kappa shape index (κ3) is 11.8. The zero-order valence-electron chi connectivity index (χ0n) is 21.2. The lowest BCUT2D eigenvalue weighted by atomic mass is 10.0. The van der Waals surface area contributed by atoms with Gasteiger partial charge in [-0.1, -0.05) is 108 Å². The molecule has 0 amide bonds. The van der Waals surface area contributed by atoms with Gasteiger partial charge in [-0.15, -0.1) is 0 Å². The Hall–Kier alpha value is -1.04. The van der Waals surface area contributed by atoms with E-state index in [1.165, 1.54) is 75.5 Å². The van der Waals surface area contributed by atoms with Gasteiger partial charge in [0.1, 0.15) is 0 Å². The summed E-state index contributed by atoms with van der Waals surface area (Å²) in [5, 5.41) is 0.854. The van der Waals surface area contributed by atoms with Gasteiger partial charge in [-0.2, -0.15) is 0 Å². The van der Waals surface area contributed by atoms with Crippen molar-refractivity contribution in [3.8, 4) is 0 Å². The summed E-state index contributed by atoms with van der Waals surface area (Å²) in [5.74, 6) is 1.17. The van der Waals surface area contributed by atoms with Crippen molar-refractivity contribution in [2.45, 2.75) is 102 Å². The number of imidazole rings is 1. The molecule has 0 aliphatic rings. The van der Waals surface area contributed by atoms with Crippen LogP contribution in [0, 0.1) is 0 Å². The summed E-state index contributed by atoms with van der Waals surface area (Å²) < 4.78 is 1.87. The van der Waals surface area contributed by atoms with Gasteiger partial charge >= 0.3 is 0 Å². The van der Waals surface area contributed by atoms with Gasteiger partial charge in [0.05, 0.1) is 37.4 Å². The Labute approximate surface area is 212 Å². The molecule has 2 aromatic rings. The molecule has 1 N–H and O–H groups in total. The fourth-order valence-electron chi connectivity index (χ4n) is 4.09. The number of carbonyl (C=O) groups is 1. The maximum Gasteiger partial charge on any atom is 0.233 e. The van der Waals surface area contributed by atoms with Crippen LogP contribution in [0.3, 0.4) is 0 Å². The zero-order valence-corrected chi connectivity index (χ0v) is 22.8. The molecule has 6 heteroatoms. The van der Waals surface area contributed by atoms with E-state index in [0.717, 1.165) is 41.3 Å². The Morgan fingerprint density at radius 3 is 2.00 bits per heavy atom. The van der Waals surface area contributed by atoms with E-state index in [4.69, 9.17) is 4.98 Å². The van der Waals surface area contributed by atoms with E-state index in [-0.39, 0.29) is 18.3 Å². The quantitative estimate of drug-likeness (QED) is 0.254. The molecule has 0 fully saturated rings. The molecule has 1 aromatic carbocycles. The number of halogens is 1. The molecule has 0 bridgehead atoms. The predicted molar refractivity (Wildman–Crippen MR) is 139 cm³/mol. The molecule has 2 rings (SSSR count). The predicted octanol–water partition coefficient (Wildman–Crippen LogP) is 3.40. The van der Waals surface area contributed by atoms with Crippen LogP contribution in [0.4, 0.5) is 0 Å². The van der Waals surface area contributed by atoms with Crippen molar-refractivity contribution in [3.05, 3.63) is 24.3 Å².